The van der Waals surface area contributed by atoms with Crippen LogP contribution in [0.1, 0.15) is 30.0 Å². The Morgan fingerprint density at radius 2 is 1.62 bits per heavy atom. The summed E-state index contributed by atoms with van der Waals surface area (Å²) in [6.07, 6.45) is 3.87. The van der Waals surface area contributed by atoms with Crippen molar-refractivity contribution < 1.29 is 13.2 Å². The molecule has 29 heavy (non-hydrogen) atoms. The average molecular weight is 437 g/mol. The van der Waals surface area contributed by atoms with Crippen molar-refractivity contribution in [3.63, 3.8) is 0 Å². The monoisotopic (exact) mass is 436 g/mol. The van der Waals surface area contributed by atoms with Gasteiger partial charge in [-0.2, -0.15) is 0 Å². The van der Waals surface area contributed by atoms with Crippen LogP contribution in [0.5, 0.6) is 0 Å². The number of halogens is 1. The highest BCUT2D eigenvalue weighted by molar-refractivity contribution is 7.90. The lowest BCUT2D eigenvalue weighted by molar-refractivity contribution is -0.131. The Labute approximate surface area is 180 Å². The molecule has 158 valence electrons. The minimum atomic E-state index is -3.23. The predicted octanol–water partition coefficient (Wildman–Crippen LogP) is 3.35. The lowest BCUT2D eigenvalue weighted by Crippen LogP contribution is -2.39. The molecule has 1 aliphatic heterocycles. The standard InChI is InChI=1S/C22H28N2O3S.ClH/c1-23(22(25)16-18-10-12-20(13-11-18)28(2,26)27)21(17-24-14-6-7-15-24)19-8-4-3-5-9-19;/h3-5,8-13,21H,6-7,14-17H2,1-2H3;1H/t21-;/m1./s1. The van der Waals surface area contributed by atoms with E-state index in [4.69, 9.17) is 0 Å². The molecule has 0 aromatic heterocycles. The van der Waals surface area contributed by atoms with E-state index < -0.39 is 9.84 Å². The SMILES string of the molecule is CN(C(=O)Cc1ccc(S(C)(=O)=O)cc1)[C@H](CN1CCCC1)c1ccccc1.Cl. The lowest BCUT2D eigenvalue weighted by atomic mass is 10.0. The molecule has 0 bridgehead atoms. The number of rotatable bonds is 7. The van der Waals surface area contributed by atoms with Crippen LogP contribution in [0.4, 0.5) is 0 Å². The molecular weight excluding hydrogens is 408 g/mol. The van der Waals surface area contributed by atoms with Gasteiger partial charge in [0, 0.05) is 19.8 Å². The fourth-order valence-electron chi connectivity index (χ4n) is 3.66. The lowest BCUT2D eigenvalue weighted by Gasteiger charge is -2.32. The second-order valence-electron chi connectivity index (χ2n) is 7.53. The van der Waals surface area contributed by atoms with E-state index in [-0.39, 0.29) is 35.7 Å². The van der Waals surface area contributed by atoms with Gasteiger partial charge in [-0.25, -0.2) is 8.42 Å². The minimum absolute atomic E-state index is 0. The van der Waals surface area contributed by atoms with Crippen molar-refractivity contribution >= 4 is 28.2 Å². The van der Waals surface area contributed by atoms with Crippen LogP contribution in [0, 0.1) is 0 Å². The molecule has 1 heterocycles. The van der Waals surface area contributed by atoms with Crippen LogP contribution >= 0.6 is 12.4 Å². The van der Waals surface area contributed by atoms with Gasteiger partial charge in [0.1, 0.15) is 0 Å². The number of hydrogen-bond acceptors (Lipinski definition) is 4. The number of amides is 1. The van der Waals surface area contributed by atoms with E-state index in [9.17, 15) is 13.2 Å². The van der Waals surface area contributed by atoms with Crippen molar-refractivity contribution in [2.75, 3.05) is 32.9 Å². The van der Waals surface area contributed by atoms with Gasteiger partial charge in [-0.15, -0.1) is 12.4 Å². The second-order valence-corrected chi connectivity index (χ2v) is 9.55. The third-order valence-electron chi connectivity index (χ3n) is 5.38. The van der Waals surface area contributed by atoms with E-state index in [1.54, 1.807) is 24.3 Å². The summed E-state index contributed by atoms with van der Waals surface area (Å²) < 4.78 is 23.2. The van der Waals surface area contributed by atoms with Crippen LogP contribution in [-0.4, -0.2) is 57.1 Å². The first-order valence-corrected chi connectivity index (χ1v) is 11.6. The number of hydrogen-bond donors (Lipinski definition) is 0. The summed E-state index contributed by atoms with van der Waals surface area (Å²) in [7, 11) is -1.37. The normalized spacial score (nSPS) is 15.5. The molecule has 0 spiro atoms. The highest BCUT2D eigenvalue weighted by Crippen LogP contribution is 2.24. The number of nitrogens with zero attached hydrogens (tertiary/aromatic N) is 2. The third kappa shape index (κ3) is 6.29. The van der Waals surface area contributed by atoms with E-state index >= 15 is 0 Å². The smallest absolute Gasteiger partial charge is 0.227 e. The molecular formula is C22H29ClN2O3S. The largest absolute Gasteiger partial charge is 0.337 e. The van der Waals surface area contributed by atoms with Crippen molar-refractivity contribution in [3.8, 4) is 0 Å². The van der Waals surface area contributed by atoms with Crippen molar-refractivity contribution in [1.82, 2.24) is 9.80 Å². The minimum Gasteiger partial charge on any atom is -0.337 e. The maximum Gasteiger partial charge on any atom is 0.227 e. The second kappa shape index (κ2) is 10.2. The van der Waals surface area contributed by atoms with E-state index in [1.165, 1.54) is 19.1 Å². The first kappa shape index (κ1) is 23.4. The van der Waals surface area contributed by atoms with Crippen LogP contribution in [0.25, 0.3) is 0 Å². The molecule has 0 saturated carbocycles. The summed E-state index contributed by atoms with van der Waals surface area (Å²) in [5.74, 6) is 0.0279. The topological polar surface area (TPSA) is 57.7 Å². The van der Waals surface area contributed by atoms with E-state index in [1.807, 2.05) is 30.1 Å². The Morgan fingerprint density at radius 1 is 1.03 bits per heavy atom. The molecule has 5 nitrogen and oxygen atoms in total. The molecule has 3 rings (SSSR count). The summed E-state index contributed by atoms with van der Waals surface area (Å²) in [5.41, 5.74) is 1.95. The van der Waals surface area contributed by atoms with Crippen LogP contribution in [0.2, 0.25) is 0 Å². The van der Waals surface area contributed by atoms with Gasteiger partial charge in [0.25, 0.3) is 0 Å². The molecule has 0 radical (unpaired) electrons. The van der Waals surface area contributed by atoms with Gasteiger partial charge in [0.2, 0.25) is 5.91 Å². The number of carbonyl (C=O) groups excluding carboxylic acids is 1. The Kier molecular flexibility index (Phi) is 8.25. The van der Waals surface area contributed by atoms with Gasteiger partial charge in [0.15, 0.2) is 9.84 Å². The first-order valence-electron chi connectivity index (χ1n) is 9.66. The molecule has 0 aliphatic carbocycles. The molecule has 1 amide bonds. The summed E-state index contributed by atoms with van der Waals surface area (Å²) >= 11 is 0. The summed E-state index contributed by atoms with van der Waals surface area (Å²) in [6.45, 7) is 3.00. The zero-order valence-corrected chi connectivity index (χ0v) is 18.6. The highest BCUT2D eigenvalue weighted by atomic mass is 35.5. The van der Waals surface area contributed by atoms with Crippen LogP contribution < -0.4 is 0 Å². The van der Waals surface area contributed by atoms with Gasteiger partial charge in [-0.1, -0.05) is 42.5 Å². The molecule has 1 aliphatic rings. The molecule has 1 saturated heterocycles. The Morgan fingerprint density at radius 3 is 2.17 bits per heavy atom. The average Bonchev–Trinajstić information content (AvgIpc) is 3.19. The van der Waals surface area contributed by atoms with Gasteiger partial charge in [0.05, 0.1) is 17.4 Å². The van der Waals surface area contributed by atoms with Crippen molar-refractivity contribution in [3.05, 3.63) is 65.7 Å². The molecule has 1 atom stereocenters. The maximum atomic E-state index is 13.0. The van der Waals surface area contributed by atoms with E-state index in [0.29, 0.717) is 0 Å². The summed E-state index contributed by atoms with van der Waals surface area (Å²) in [4.78, 5) is 17.5. The first-order chi connectivity index (χ1) is 13.3. The molecule has 7 heteroatoms. The number of sulfone groups is 1. The quantitative estimate of drug-likeness (QED) is 0.667. The highest BCUT2D eigenvalue weighted by Gasteiger charge is 2.25. The number of likely N-dealkylation sites (tertiary alicyclic amines) is 1. The molecule has 2 aromatic carbocycles. The molecule has 0 unspecified atom stereocenters. The van der Waals surface area contributed by atoms with Crippen molar-refractivity contribution in [2.24, 2.45) is 0 Å². The summed E-state index contributed by atoms with van der Waals surface area (Å²) in [5, 5.41) is 0. The fraction of sp³-hybridized carbons (Fsp3) is 0.409. The molecule has 1 fully saturated rings. The van der Waals surface area contributed by atoms with Gasteiger partial charge in [-0.05, 0) is 49.2 Å². The number of likely N-dealkylation sites (N-methyl/N-ethyl adjacent to an activating group) is 1. The van der Waals surface area contributed by atoms with Crippen LogP contribution in [0.3, 0.4) is 0 Å². The molecule has 0 N–H and O–H groups in total. The molecule has 2 aromatic rings. The zero-order valence-electron chi connectivity index (χ0n) is 17.0. The fourth-order valence-corrected chi connectivity index (χ4v) is 4.29. The van der Waals surface area contributed by atoms with E-state index in [0.717, 1.165) is 30.8 Å². The Bertz CT molecular complexity index is 895. The third-order valence-corrected chi connectivity index (χ3v) is 6.51. The van der Waals surface area contributed by atoms with Gasteiger partial charge >= 0.3 is 0 Å². The zero-order chi connectivity index (χ0) is 20.1. The van der Waals surface area contributed by atoms with Crippen molar-refractivity contribution in [2.45, 2.75) is 30.2 Å². The van der Waals surface area contributed by atoms with Gasteiger partial charge < -0.3 is 9.80 Å². The van der Waals surface area contributed by atoms with Crippen LogP contribution in [0.15, 0.2) is 59.5 Å². The number of benzene rings is 2. The van der Waals surface area contributed by atoms with Crippen LogP contribution in [-0.2, 0) is 21.1 Å². The predicted molar refractivity (Wildman–Crippen MR) is 118 cm³/mol. The Hall–Kier alpha value is -1.89. The Balaban J connectivity index is 0.00000300. The number of carbonyl (C=O) groups is 1. The maximum absolute atomic E-state index is 13.0. The van der Waals surface area contributed by atoms with Gasteiger partial charge in [-0.3, -0.25) is 4.79 Å². The summed E-state index contributed by atoms with van der Waals surface area (Å²) in [6, 6.07) is 16.7. The van der Waals surface area contributed by atoms with Crippen molar-refractivity contribution in [1.29, 1.82) is 0 Å². The van der Waals surface area contributed by atoms with E-state index in [2.05, 4.69) is 17.0 Å².